The lowest BCUT2D eigenvalue weighted by Crippen LogP contribution is -2.37. The number of rotatable bonds is 6. The fourth-order valence-corrected chi connectivity index (χ4v) is 3.56. The first kappa shape index (κ1) is 21.0. The molecule has 0 radical (unpaired) electrons. The van der Waals surface area contributed by atoms with E-state index in [1.807, 2.05) is 12.1 Å². The summed E-state index contributed by atoms with van der Waals surface area (Å²) in [5, 5.41) is 4.14. The molecule has 0 aliphatic carbocycles. The topological polar surface area (TPSA) is 60.4 Å². The minimum atomic E-state index is -4.43. The fourth-order valence-electron chi connectivity index (χ4n) is 3.56. The van der Waals surface area contributed by atoms with Crippen molar-refractivity contribution in [2.75, 3.05) is 13.3 Å². The van der Waals surface area contributed by atoms with Crippen LogP contribution in [0.15, 0.2) is 47.6 Å². The molecule has 2 heterocycles. The van der Waals surface area contributed by atoms with Gasteiger partial charge in [0.15, 0.2) is 17.6 Å². The Bertz CT molecular complexity index is 1010. The lowest BCUT2D eigenvalue weighted by molar-refractivity contribution is -0.137. The first-order valence-electron chi connectivity index (χ1n) is 9.90. The second kappa shape index (κ2) is 8.49. The van der Waals surface area contributed by atoms with E-state index in [1.54, 1.807) is 19.1 Å². The Hall–Kier alpha value is -3.23. The predicted molar refractivity (Wildman–Crippen MR) is 106 cm³/mol. The van der Waals surface area contributed by atoms with Gasteiger partial charge >= 0.3 is 6.18 Å². The third kappa shape index (κ3) is 4.76. The van der Waals surface area contributed by atoms with Crippen molar-refractivity contribution in [3.8, 4) is 11.5 Å². The fraction of sp³-hybridized carbons (Fsp3) is 0.364. The van der Waals surface area contributed by atoms with E-state index in [2.05, 4.69) is 5.16 Å². The number of carbonyl (C=O) groups is 1. The van der Waals surface area contributed by atoms with Gasteiger partial charge in [-0.3, -0.25) is 4.79 Å². The molecule has 0 aromatic heterocycles. The highest BCUT2D eigenvalue weighted by Gasteiger charge is 2.31. The Morgan fingerprint density at radius 1 is 1.16 bits per heavy atom. The number of hydrogen-bond donors (Lipinski definition) is 0. The molecule has 0 saturated carbocycles. The lowest BCUT2D eigenvalue weighted by Gasteiger charge is -2.25. The van der Waals surface area contributed by atoms with Gasteiger partial charge in [-0.25, -0.2) is 0 Å². The van der Waals surface area contributed by atoms with Crippen LogP contribution in [0.4, 0.5) is 13.2 Å². The van der Waals surface area contributed by atoms with Crippen molar-refractivity contribution in [2.45, 2.75) is 38.6 Å². The van der Waals surface area contributed by atoms with Gasteiger partial charge in [-0.2, -0.15) is 13.2 Å². The third-order valence-electron chi connectivity index (χ3n) is 5.15. The average Bonchev–Trinajstić information content (AvgIpc) is 3.41. The Morgan fingerprint density at radius 3 is 2.74 bits per heavy atom. The maximum Gasteiger partial charge on any atom is 0.416 e. The Balaban J connectivity index is 1.43. The van der Waals surface area contributed by atoms with Crippen molar-refractivity contribution in [1.82, 2.24) is 4.90 Å². The average molecular weight is 434 g/mol. The maximum atomic E-state index is 13.0. The molecule has 2 aromatic carbocycles. The zero-order valence-electron chi connectivity index (χ0n) is 16.8. The summed E-state index contributed by atoms with van der Waals surface area (Å²) in [6.07, 6.45) is -4.11. The summed E-state index contributed by atoms with van der Waals surface area (Å²) < 4.78 is 49.7. The molecule has 0 N–H and O–H groups in total. The van der Waals surface area contributed by atoms with Gasteiger partial charge in [-0.05, 0) is 35.9 Å². The molecule has 0 spiro atoms. The van der Waals surface area contributed by atoms with E-state index in [0.717, 1.165) is 17.7 Å². The zero-order chi connectivity index (χ0) is 22.0. The van der Waals surface area contributed by atoms with E-state index in [1.165, 1.54) is 11.0 Å². The highest BCUT2D eigenvalue weighted by atomic mass is 19.4. The summed E-state index contributed by atoms with van der Waals surface area (Å²) in [6, 6.07) is 10.5. The van der Waals surface area contributed by atoms with Crippen LogP contribution < -0.4 is 9.47 Å². The molecule has 9 heteroatoms. The summed E-state index contributed by atoms with van der Waals surface area (Å²) in [6.45, 7) is 2.18. The number of amides is 1. The van der Waals surface area contributed by atoms with Gasteiger partial charge in [0.05, 0.1) is 17.8 Å². The van der Waals surface area contributed by atoms with Crippen molar-refractivity contribution < 1.29 is 32.3 Å². The molecule has 1 amide bonds. The normalized spacial score (nSPS) is 17.3. The molecule has 2 aromatic rings. The lowest BCUT2D eigenvalue weighted by atomic mass is 10.0. The standard InChI is InChI=1S/C22H21F3N2O4/c1-2-21(28)27(11-14-4-3-5-16(8-14)22(23,24)25)12-17-10-18(26-31-17)15-6-7-19-20(9-15)30-13-29-19/h3-9,17H,2,10-13H2,1H3. The number of ether oxygens (including phenoxy) is 2. The van der Waals surface area contributed by atoms with Gasteiger partial charge in [-0.1, -0.05) is 24.2 Å². The zero-order valence-corrected chi connectivity index (χ0v) is 16.8. The Kier molecular flexibility index (Phi) is 5.75. The summed E-state index contributed by atoms with van der Waals surface area (Å²) in [5.41, 5.74) is 1.22. The first-order valence-corrected chi connectivity index (χ1v) is 9.90. The van der Waals surface area contributed by atoms with Crippen LogP contribution in [0, 0.1) is 0 Å². The van der Waals surface area contributed by atoms with E-state index < -0.39 is 11.7 Å². The van der Waals surface area contributed by atoms with E-state index >= 15 is 0 Å². The van der Waals surface area contributed by atoms with Crippen LogP contribution in [0.1, 0.15) is 36.5 Å². The van der Waals surface area contributed by atoms with Gasteiger partial charge in [0, 0.05) is 24.9 Å². The molecule has 0 fully saturated rings. The molecule has 0 saturated heterocycles. The molecule has 1 atom stereocenters. The number of carbonyl (C=O) groups excluding carboxylic acids is 1. The molecule has 0 bridgehead atoms. The highest BCUT2D eigenvalue weighted by molar-refractivity contribution is 6.01. The molecule has 1 unspecified atom stereocenters. The highest BCUT2D eigenvalue weighted by Crippen LogP contribution is 2.34. The van der Waals surface area contributed by atoms with E-state index in [0.29, 0.717) is 29.2 Å². The van der Waals surface area contributed by atoms with Crippen LogP contribution in [0.3, 0.4) is 0 Å². The largest absolute Gasteiger partial charge is 0.454 e. The van der Waals surface area contributed by atoms with Crippen molar-refractivity contribution in [1.29, 1.82) is 0 Å². The van der Waals surface area contributed by atoms with Gasteiger partial charge < -0.3 is 19.2 Å². The molecule has 2 aliphatic heterocycles. The molecular weight excluding hydrogens is 413 g/mol. The third-order valence-corrected chi connectivity index (χ3v) is 5.15. The molecule has 31 heavy (non-hydrogen) atoms. The second-order valence-corrected chi connectivity index (χ2v) is 7.36. The van der Waals surface area contributed by atoms with Crippen LogP contribution >= 0.6 is 0 Å². The van der Waals surface area contributed by atoms with E-state index in [4.69, 9.17) is 14.3 Å². The number of benzene rings is 2. The maximum absolute atomic E-state index is 13.0. The number of alkyl halides is 3. The van der Waals surface area contributed by atoms with Crippen molar-refractivity contribution in [3.63, 3.8) is 0 Å². The van der Waals surface area contributed by atoms with Crippen molar-refractivity contribution in [2.24, 2.45) is 5.16 Å². The smallest absolute Gasteiger partial charge is 0.416 e. The monoisotopic (exact) mass is 434 g/mol. The minimum absolute atomic E-state index is 0.0653. The predicted octanol–water partition coefficient (Wildman–Crippen LogP) is 4.37. The molecule has 164 valence electrons. The number of nitrogens with zero attached hydrogens (tertiary/aromatic N) is 2. The Morgan fingerprint density at radius 2 is 1.97 bits per heavy atom. The van der Waals surface area contributed by atoms with Crippen LogP contribution in [0.5, 0.6) is 11.5 Å². The van der Waals surface area contributed by atoms with Crippen molar-refractivity contribution >= 4 is 11.6 Å². The summed E-state index contributed by atoms with van der Waals surface area (Å²) in [5.74, 6) is 1.13. The molecule has 4 rings (SSSR count). The number of oxime groups is 1. The van der Waals surface area contributed by atoms with Crippen LogP contribution in [0.25, 0.3) is 0 Å². The SMILES string of the molecule is CCC(=O)N(Cc1cccc(C(F)(F)F)c1)CC1CC(c2ccc3c(c2)OCO3)=NO1. The minimum Gasteiger partial charge on any atom is -0.454 e. The summed E-state index contributed by atoms with van der Waals surface area (Å²) in [7, 11) is 0. The number of hydrogen-bond acceptors (Lipinski definition) is 5. The molecule has 2 aliphatic rings. The van der Waals surface area contributed by atoms with Gasteiger partial charge in [-0.15, -0.1) is 0 Å². The van der Waals surface area contributed by atoms with Gasteiger partial charge in [0.25, 0.3) is 0 Å². The number of fused-ring (bicyclic) bond motifs is 1. The number of halogens is 3. The van der Waals surface area contributed by atoms with Crippen LogP contribution in [-0.4, -0.2) is 36.0 Å². The van der Waals surface area contributed by atoms with Crippen LogP contribution in [-0.2, 0) is 22.4 Å². The van der Waals surface area contributed by atoms with Gasteiger partial charge in [0.2, 0.25) is 12.7 Å². The quantitative estimate of drug-likeness (QED) is 0.678. The second-order valence-electron chi connectivity index (χ2n) is 7.36. The van der Waals surface area contributed by atoms with Crippen LogP contribution in [0.2, 0.25) is 0 Å². The van der Waals surface area contributed by atoms with E-state index in [-0.39, 0.29) is 38.3 Å². The molecular formula is C22H21F3N2O4. The van der Waals surface area contributed by atoms with Crippen molar-refractivity contribution in [3.05, 3.63) is 59.2 Å². The molecule has 6 nitrogen and oxygen atoms in total. The first-order chi connectivity index (χ1) is 14.8. The summed E-state index contributed by atoms with van der Waals surface area (Å²) >= 11 is 0. The Labute approximate surface area is 177 Å². The summed E-state index contributed by atoms with van der Waals surface area (Å²) in [4.78, 5) is 19.5. The van der Waals surface area contributed by atoms with Gasteiger partial charge in [0.1, 0.15) is 0 Å². The van der Waals surface area contributed by atoms with E-state index in [9.17, 15) is 18.0 Å².